The van der Waals surface area contributed by atoms with E-state index in [9.17, 15) is 4.79 Å². The van der Waals surface area contributed by atoms with Crippen molar-refractivity contribution >= 4 is 22.0 Å². The Morgan fingerprint density at radius 2 is 2.29 bits per heavy atom. The van der Waals surface area contributed by atoms with Crippen molar-refractivity contribution in [3.63, 3.8) is 0 Å². The summed E-state index contributed by atoms with van der Waals surface area (Å²) < 4.78 is 2.37. The van der Waals surface area contributed by atoms with Crippen molar-refractivity contribution in [2.24, 2.45) is 0 Å². The second kappa shape index (κ2) is 3.56. The van der Waals surface area contributed by atoms with Gasteiger partial charge >= 0.3 is 6.09 Å². The lowest BCUT2D eigenvalue weighted by atomic mass is 10.4. The van der Waals surface area contributed by atoms with E-state index in [1.165, 1.54) is 4.90 Å². The van der Waals surface area contributed by atoms with Gasteiger partial charge in [0.25, 0.3) is 0 Å². The van der Waals surface area contributed by atoms with Crippen molar-refractivity contribution < 1.29 is 9.90 Å². The summed E-state index contributed by atoms with van der Waals surface area (Å²) >= 11 is 3.25. The zero-order valence-corrected chi connectivity index (χ0v) is 8.94. The molecule has 6 nitrogen and oxygen atoms in total. The zero-order chi connectivity index (χ0) is 10.1. The lowest BCUT2D eigenvalue weighted by molar-refractivity contribution is 0.143. The van der Waals surface area contributed by atoms with E-state index in [0.29, 0.717) is 17.7 Å². The molecule has 0 bridgehead atoms. The molecule has 1 N–H and O–H groups in total. The minimum Gasteiger partial charge on any atom is -0.465 e. The third-order valence-corrected chi connectivity index (χ3v) is 2.82. The van der Waals surface area contributed by atoms with Gasteiger partial charge < -0.3 is 10.0 Å². The van der Waals surface area contributed by atoms with Crippen LogP contribution in [0.15, 0.2) is 4.60 Å². The number of hydrogen-bond donors (Lipinski definition) is 1. The molecule has 2 heterocycles. The van der Waals surface area contributed by atoms with E-state index >= 15 is 0 Å². The molecule has 0 saturated heterocycles. The summed E-state index contributed by atoms with van der Waals surface area (Å²) in [5.41, 5.74) is 0.824. The van der Waals surface area contributed by atoms with E-state index in [1.54, 1.807) is 4.68 Å². The second-order valence-electron chi connectivity index (χ2n) is 3.11. The molecule has 0 saturated carbocycles. The monoisotopic (exact) mass is 260 g/mol. The van der Waals surface area contributed by atoms with Crippen molar-refractivity contribution in [1.29, 1.82) is 0 Å². The molecule has 0 unspecified atom stereocenters. The van der Waals surface area contributed by atoms with Crippen molar-refractivity contribution in [3.05, 3.63) is 10.3 Å². The molecular formula is C7H9BrN4O2. The first-order valence-electron chi connectivity index (χ1n) is 4.24. The molecular weight excluding hydrogens is 252 g/mol. The molecule has 0 aliphatic carbocycles. The van der Waals surface area contributed by atoms with Crippen LogP contribution in [0.2, 0.25) is 0 Å². The molecule has 1 aromatic rings. The van der Waals surface area contributed by atoms with Crippen LogP contribution in [0.25, 0.3) is 0 Å². The van der Waals surface area contributed by atoms with Gasteiger partial charge in [0.2, 0.25) is 0 Å². The SMILES string of the molecule is O=C(O)N1CCCn2nnc(Br)c2C1. The van der Waals surface area contributed by atoms with Crippen LogP contribution in [-0.4, -0.2) is 37.6 Å². The van der Waals surface area contributed by atoms with E-state index in [4.69, 9.17) is 5.11 Å². The van der Waals surface area contributed by atoms with Crippen LogP contribution in [0.4, 0.5) is 4.79 Å². The average molecular weight is 261 g/mol. The normalized spacial score (nSPS) is 16.2. The largest absolute Gasteiger partial charge is 0.465 e. The highest BCUT2D eigenvalue weighted by atomic mass is 79.9. The summed E-state index contributed by atoms with van der Waals surface area (Å²) in [6.07, 6.45) is -0.124. The highest BCUT2D eigenvalue weighted by Crippen LogP contribution is 2.18. The number of fused-ring (bicyclic) bond motifs is 1. The summed E-state index contributed by atoms with van der Waals surface area (Å²) in [6, 6.07) is 0. The Hall–Kier alpha value is -1.11. The number of amides is 1. The Morgan fingerprint density at radius 3 is 3.00 bits per heavy atom. The number of rotatable bonds is 0. The number of carboxylic acid groups (broad SMARTS) is 1. The number of carbonyl (C=O) groups is 1. The molecule has 1 aliphatic heterocycles. The predicted octanol–water partition coefficient (Wildman–Crippen LogP) is 0.924. The molecule has 0 aromatic carbocycles. The third kappa shape index (κ3) is 1.59. The van der Waals surface area contributed by atoms with Crippen molar-refractivity contribution in [2.75, 3.05) is 6.54 Å². The van der Waals surface area contributed by atoms with Crippen LogP contribution in [0.5, 0.6) is 0 Å². The minimum atomic E-state index is -0.897. The van der Waals surface area contributed by atoms with Gasteiger partial charge in [-0.25, -0.2) is 9.48 Å². The number of halogens is 1. The zero-order valence-electron chi connectivity index (χ0n) is 7.35. The number of aromatic nitrogens is 3. The van der Waals surface area contributed by atoms with Crippen molar-refractivity contribution in [2.45, 2.75) is 19.5 Å². The van der Waals surface area contributed by atoms with E-state index in [0.717, 1.165) is 18.7 Å². The molecule has 1 aliphatic rings. The predicted molar refractivity (Wildman–Crippen MR) is 50.8 cm³/mol. The molecule has 7 heteroatoms. The Labute approximate surface area is 88.6 Å². The first kappa shape index (κ1) is 9.45. The molecule has 0 spiro atoms. The summed E-state index contributed by atoms with van der Waals surface area (Å²) in [5, 5.41) is 16.6. The number of hydrogen-bond acceptors (Lipinski definition) is 3. The maximum Gasteiger partial charge on any atom is 0.407 e. The van der Waals surface area contributed by atoms with Crippen LogP contribution in [0.3, 0.4) is 0 Å². The fraction of sp³-hybridized carbons (Fsp3) is 0.571. The molecule has 0 radical (unpaired) electrons. The van der Waals surface area contributed by atoms with E-state index in [-0.39, 0.29) is 0 Å². The fourth-order valence-corrected chi connectivity index (χ4v) is 1.87. The standard InChI is InChI=1S/C7H9BrN4O2/c8-6-5-4-11(7(13)14)2-1-3-12(5)10-9-6/h1-4H2,(H,13,14). The Kier molecular flexibility index (Phi) is 2.40. The van der Waals surface area contributed by atoms with Gasteiger partial charge in [0.1, 0.15) is 0 Å². The highest BCUT2D eigenvalue weighted by Gasteiger charge is 2.21. The van der Waals surface area contributed by atoms with E-state index < -0.39 is 6.09 Å². The quantitative estimate of drug-likeness (QED) is 0.753. The van der Waals surface area contributed by atoms with E-state index in [1.807, 2.05) is 0 Å². The average Bonchev–Trinajstić information content (AvgIpc) is 2.40. The smallest absolute Gasteiger partial charge is 0.407 e. The Balaban J connectivity index is 2.29. The highest BCUT2D eigenvalue weighted by molar-refractivity contribution is 9.10. The topological polar surface area (TPSA) is 71.2 Å². The number of nitrogens with zero attached hydrogens (tertiary/aromatic N) is 4. The second-order valence-corrected chi connectivity index (χ2v) is 3.86. The first-order valence-corrected chi connectivity index (χ1v) is 5.03. The van der Waals surface area contributed by atoms with Gasteiger partial charge in [-0.3, -0.25) is 0 Å². The maximum atomic E-state index is 10.8. The van der Waals surface area contributed by atoms with Crippen molar-refractivity contribution in [1.82, 2.24) is 19.9 Å². The van der Waals surface area contributed by atoms with Crippen molar-refractivity contribution in [3.8, 4) is 0 Å². The molecule has 1 amide bonds. The Morgan fingerprint density at radius 1 is 1.50 bits per heavy atom. The van der Waals surface area contributed by atoms with Crippen LogP contribution < -0.4 is 0 Å². The van der Waals surface area contributed by atoms with Gasteiger partial charge in [-0.2, -0.15) is 0 Å². The van der Waals surface area contributed by atoms with Crippen LogP contribution in [0, 0.1) is 0 Å². The van der Waals surface area contributed by atoms with Crippen LogP contribution in [-0.2, 0) is 13.1 Å². The molecule has 2 rings (SSSR count). The molecule has 76 valence electrons. The van der Waals surface area contributed by atoms with Crippen LogP contribution >= 0.6 is 15.9 Å². The van der Waals surface area contributed by atoms with Gasteiger partial charge in [0.15, 0.2) is 4.60 Å². The molecule has 14 heavy (non-hydrogen) atoms. The Bertz CT molecular complexity index is 365. The first-order chi connectivity index (χ1) is 6.68. The number of aryl methyl sites for hydroxylation is 1. The molecule has 0 atom stereocenters. The lowest BCUT2D eigenvalue weighted by Crippen LogP contribution is -2.28. The van der Waals surface area contributed by atoms with E-state index in [2.05, 4.69) is 26.2 Å². The van der Waals surface area contributed by atoms with Gasteiger partial charge in [-0.05, 0) is 22.4 Å². The van der Waals surface area contributed by atoms with Gasteiger partial charge in [-0.1, -0.05) is 5.21 Å². The summed E-state index contributed by atoms with van der Waals surface area (Å²) in [6.45, 7) is 1.62. The summed E-state index contributed by atoms with van der Waals surface area (Å²) in [4.78, 5) is 12.2. The van der Waals surface area contributed by atoms with Gasteiger partial charge in [0.05, 0.1) is 12.2 Å². The van der Waals surface area contributed by atoms with Crippen LogP contribution in [0.1, 0.15) is 12.1 Å². The minimum absolute atomic E-state index is 0.350. The molecule has 0 fully saturated rings. The van der Waals surface area contributed by atoms with Gasteiger partial charge in [0, 0.05) is 13.1 Å². The van der Waals surface area contributed by atoms with Gasteiger partial charge in [-0.15, -0.1) is 5.10 Å². The lowest BCUT2D eigenvalue weighted by Gasteiger charge is -2.14. The molecule has 1 aromatic heterocycles. The third-order valence-electron chi connectivity index (χ3n) is 2.20. The summed E-state index contributed by atoms with van der Waals surface area (Å²) in [7, 11) is 0. The summed E-state index contributed by atoms with van der Waals surface area (Å²) in [5.74, 6) is 0. The maximum absolute atomic E-state index is 10.8. The fourth-order valence-electron chi connectivity index (χ4n) is 1.47.